The van der Waals surface area contributed by atoms with Crippen molar-refractivity contribution in [1.82, 2.24) is 0 Å². The minimum absolute atomic E-state index is 0.0364. The Morgan fingerprint density at radius 3 is 2.46 bits per heavy atom. The Morgan fingerprint density at radius 1 is 1.25 bits per heavy atom. The van der Waals surface area contributed by atoms with Crippen LogP contribution in [0.1, 0.15) is 51.4 Å². The Hall–Kier alpha value is -2.08. The molecule has 134 valence electrons. The van der Waals surface area contributed by atoms with Crippen molar-refractivity contribution in [2.75, 3.05) is 19.0 Å². The first-order valence-corrected chi connectivity index (χ1v) is 8.09. The van der Waals surface area contributed by atoms with E-state index in [-0.39, 0.29) is 17.6 Å². The number of hydrogen-bond donors (Lipinski definition) is 1. The number of rotatable bonds is 8. The van der Waals surface area contributed by atoms with Crippen LogP contribution in [0.3, 0.4) is 0 Å². The number of ether oxygens (including phenoxy) is 3. The molecule has 0 radical (unpaired) electrons. The minimum Gasteiger partial charge on any atom is -0.490 e. The van der Waals surface area contributed by atoms with Gasteiger partial charge in [0.05, 0.1) is 13.2 Å². The first-order valence-electron chi connectivity index (χ1n) is 8.09. The first-order chi connectivity index (χ1) is 11.2. The highest BCUT2D eigenvalue weighted by atomic mass is 16.5. The molecule has 0 unspecified atom stereocenters. The van der Waals surface area contributed by atoms with Crippen LogP contribution in [0, 0.1) is 0 Å². The summed E-state index contributed by atoms with van der Waals surface area (Å²) in [5.41, 5.74) is -0.221. The molecule has 1 aromatic carbocycles. The molecule has 1 aromatic rings. The number of hydrogen-bond acceptors (Lipinski definition) is 5. The van der Waals surface area contributed by atoms with Gasteiger partial charge in [-0.05, 0) is 52.3 Å². The molecule has 1 rings (SSSR count). The lowest BCUT2D eigenvalue weighted by atomic mass is 10.1. The van der Waals surface area contributed by atoms with Gasteiger partial charge in [0, 0.05) is 12.3 Å². The fraction of sp³-hybridized carbons (Fsp3) is 0.556. The standard InChI is InChI=1S/C18H27NO5/c1-7-12(3)24-15-10-9-13(11-14(15)16(20)22-6)19-17(21)18(4,5)23-8-2/h9-12H,7-8H2,1-6H3,(H,19,21)/t12-/m0/s1. The van der Waals surface area contributed by atoms with E-state index in [9.17, 15) is 9.59 Å². The summed E-state index contributed by atoms with van der Waals surface area (Å²) in [6.07, 6.45) is 0.771. The number of carbonyl (C=O) groups is 2. The van der Waals surface area contributed by atoms with Gasteiger partial charge in [-0.25, -0.2) is 4.79 Å². The van der Waals surface area contributed by atoms with Gasteiger partial charge in [-0.1, -0.05) is 6.92 Å². The fourth-order valence-corrected chi connectivity index (χ4v) is 1.99. The lowest BCUT2D eigenvalue weighted by Gasteiger charge is -2.23. The molecule has 0 aromatic heterocycles. The Labute approximate surface area is 143 Å². The zero-order valence-electron chi connectivity index (χ0n) is 15.3. The third kappa shape index (κ3) is 5.23. The van der Waals surface area contributed by atoms with Crippen LogP contribution < -0.4 is 10.1 Å². The van der Waals surface area contributed by atoms with Gasteiger partial charge < -0.3 is 19.5 Å². The van der Waals surface area contributed by atoms with Crippen LogP contribution in [-0.4, -0.2) is 37.3 Å². The third-order valence-electron chi connectivity index (χ3n) is 3.60. The maximum atomic E-state index is 12.3. The summed E-state index contributed by atoms with van der Waals surface area (Å²) in [6, 6.07) is 4.88. The summed E-state index contributed by atoms with van der Waals surface area (Å²) in [4.78, 5) is 24.3. The zero-order valence-corrected chi connectivity index (χ0v) is 15.3. The van der Waals surface area contributed by atoms with Crippen molar-refractivity contribution in [3.63, 3.8) is 0 Å². The monoisotopic (exact) mass is 337 g/mol. The number of benzene rings is 1. The largest absolute Gasteiger partial charge is 0.490 e. The number of methoxy groups -OCH3 is 1. The highest BCUT2D eigenvalue weighted by Crippen LogP contribution is 2.26. The van der Waals surface area contributed by atoms with Crippen LogP contribution in [0.4, 0.5) is 5.69 Å². The number of anilines is 1. The van der Waals surface area contributed by atoms with Crippen LogP contribution in [0.2, 0.25) is 0 Å². The second-order valence-electron chi connectivity index (χ2n) is 5.94. The molecule has 6 heteroatoms. The van der Waals surface area contributed by atoms with Crippen LogP contribution in [-0.2, 0) is 14.3 Å². The summed E-state index contributed by atoms with van der Waals surface area (Å²) < 4.78 is 16.0. The van der Waals surface area contributed by atoms with Crippen molar-refractivity contribution >= 4 is 17.6 Å². The molecule has 1 N–H and O–H groups in total. The summed E-state index contributed by atoms with van der Waals surface area (Å²) in [5.74, 6) is -0.387. The average Bonchev–Trinajstić information content (AvgIpc) is 2.55. The topological polar surface area (TPSA) is 73.9 Å². The minimum atomic E-state index is -0.966. The predicted molar refractivity (Wildman–Crippen MR) is 92.5 cm³/mol. The van der Waals surface area contributed by atoms with Gasteiger partial charge in [-0.2, -0.15) is 0 Å². The Bertz CT molecular complexity index is 583. The number of esters is 1. The van der Waals surface area contributed by atoms with Gasteiger partial charge in [0.1, 0.15) is 16.9 Å². The van der Waals surface area contributed by atoms with Crippen molar-refractivity contribution in [3.8, 4) is 5.75 Å². The van der Waals surface area contributed by atoms with E-state index in [2.05, 4.69) is 5.32 Å². The normalized spacial score (nSPS) is 12.4. The summed E-state index contributed by atoms with van der Waals surface area (Å²) in [6.45, 7) is 9.54. The van der Waals surface area contributed by atoms with Crippen molar-refractivity contribution in [2.24, 2.45) is 0 Å². The second-order valence-corrected chi connectivity index (χ2v) is 5.94. The van der Waals surface area contributed by atoms with E-state index in [0.717, 1.165) is 6.42 Å². The molecule has 0 saturated carbocycles. The van der Waals surface area contributed by atoms with E-state index in [0.29, 0.717) is 18.0 Å². The van der Waals surface area contributed by atoms with Crippen LogP contribution in [0.25, 0.3) is 0 Å². The molecule has 0 heterocycles. The lowest BCUT2D eigenvalue weighted by molar-refractivity contribution is -0.136. The third-order valence-corrected chi connectivity index (χ3v) is 3.60. The van der Waals surface area contributed by atoms with E-state index in [1.807, 2.05) is 20.8 Å². The maximum absolute atomic E-state index is 12.3. The Kier molecular flexibility index (Phi) is 7.22. The van der Waals surface area contributed by atoms with Crippen LogP contribution >= 0.6 is 0 Å². The number of carbonyl (C=O) groups excluding carboxylic acids is 2. The van der Waals surface area contributed by atoms with E-state index in [1.165, 1.54) is 7.11 Å². The van der Waals surface area contributed by atoms with Crippen molar-refractivity contribution < 1.29 is 23.8 Å². The van der Waals surface area contributed by atoms with E-state index >= 15 is 0 Å². The molecule has 0 spiro atoms. The van der Waals surface area contributed by atoms with E-state index in [1.54, 1.807) is 32.0 Å². The number of nitrogens with one attached hydrogen (secondary N) is 1. The lowest BCUT2D eigenvalue weighted by Crippen LogP contribution is -2.39. The Morgan fingerprint density at radius 2 is 1.92 bits per heavy atom. The van der Waals surface area contributed by atoms with Gasteiger partial charge in [0.15, 0.2) is 0 Å². The SMILES string of the molecule is CCOC(C)(C)C(=O)Nc1ccc(O[C@@H](C)CC)c(C(=O)OC)c1. The van der Waals surface area contributed by atoms with Gasteiger partial charge in [-0.15, -0.1) is 0 Å². The Balaban J connectivity index is 3.06. The molecular formula is C18H27NO5. The molecule has 0 aliphatic heterocycles. The zero-order chi connectivity index (χ0) is 18.3. The van der Waals surface area contributed by atoms with Gasteiger partial charge in [0.25, 0.3) is 5.91 Å². The summed E-state index contributed by atoms with van der Waals surface area (Å²) >= 11 is 0. The van der Waals surface area contributed by atoms with E-state index in [4.69, 9.17) is 14.2 Å². The molecule has 0 bridgehead atoms. The summed E-state index contributed by atoms with van der Waals surface area (Å²) in [7, 11) is 1.30. The van der Waals surface area contributed by atoms with Gasteiger partial charge in [0.2, 0.25) is 0 Å². The molecule has 6 nitrogen and oxygen atoms in total. The molecule has 24 heavy (non-hydrogen) atoms. The van der Waals surface area contributed by atoms with Crippen LogP contribution in [0.5, 0.6) is 5.75 Å². The van der Waals surface area contributed by atoms with Gasteiger partial charge in [-0.3, -0.25) is 4.79 Å². The quantitative estimate of drug-likeness (QED) is 0.736. The van der Waals surface area contributed by atoms with E-state index < -0.39 is 11.6 Å². The molecule has 1 amide bonds. The van der Waals surface area contributed by atoms with Crippen molar-refractivity contribution in [2.45, 2.75) is 52.7 Å². The van der Waals surface area contributed by atoms with Crippen LogP contribution in [0.15, 0.2) is 18.2 Å². The highest BCUT2D eigenvalue weighted by molar-refractivity contribution is 5.99. The van der Waals surface area contributed by atoms with Crippen molar-refractivity contribution in [3.05, 3.63) is 23.8 Å². The first kappa shape index (κ1) is 20.0. The molecule has 1 atom stereocenters. The molecule has 0 aliphatic rings. The molecule has 0 aliphatic carbocycles. The molecule has 0 saturated heterocycles. The molecule has 0 fully saturated rings. The predicted octanol–water partition coefficient (Wildman–Crippen LogP) is 3.40. The second kappa shape index (κ2) is 8.68. The molecular weight excluding hydrogens is 310 g/mol. The smallest absolute Gasteiger partial charge is 0.341 e. The van der Waals surface area contributed by atoms with Crippen molar-refractivity contribution in [1.29, 1.82) is 0 Å². The fourth-order valence-electron chi connectivity index (χ4n) is 1.99. The average molecular weight is 337 g/mol. The van der Waals surface area contributed by atoms with Gasteiger partial charge >= 0.3 is 5.97 Å². The summed E-state index contributed by atoms with van der Waals surface area (Å²) in [5, 5.41) is 2.75. The highest BCUT2D eigenvalue weighted by Gasteiger charge is 2.28. The number of amides is 1. The maximum Gasteiger partial charge on any atom is 0.341 e.